The van der Waals surface area contributed by atoms with Gasteiger partial charge in [0.2, 0.25) is 0 Å². The highest BCUT2D eigenvalue weighted by molar-refractivity contribution is 7.22. The molecule has 1 unspecified atom stereocenters. The van der Waals surface area contributed by atoms with Gasteiger partial charge < -0.3 is 5.31 Å². The molecule has 2 aromatic heterocycles. The maximum Gasteiger partial charge on any atom is 0.162 e. The molecule has 7 heteroatoms. The van der Waals surface area contributed by atoms with Crippen LogP contribution in [0.2, 0.25) is 5.75 Å². The molecule has 0 aliphatic carbocycles. The molecule has 3 aromatic rings. The number of fused-ring (bicyclic) bond motifs is 1. The molecule has 0 amide bonds. The van der Waals surface area contributed by atoms with Gasteiger partial charge in [0.25, 0.3) is 0 Å². The van der Waals surface area contributed by atoms with E-state index >= 15 is 0 Å². The second-order valence-electron chi connectivity index (χ2n) is 5.51. The van der Waals surface area contributed by atoms with E-state index in [4.69, 9.17) is 21.2 Å². The fourth-order valence-corrected chi connectivity index (χ4v) is 3.61. The third-order valence-corrected chi connectivity index (χ3v) is 4.93. The Morgan fingerprint density at radius 1 is 1.44 bits per heavy atom. The molecule has 3 heterocycles. The van der Waals surface area contributed by atoms with Crippen molar-refractivity contribution in [1.82, 2.24) is 14.9 Å². The number of thiophene rings is 1. The fraction of sp³-hybridized carbons (Fsp3) is 0.333. The van der Waals surface area contributed by atoms with Crippen molar-refractivity contribution >= 4 is 39.0 Å². The molecule has 1 atom stereocenters. The van der Waals surface area contributed by atoms with Crippen LogP contribution >= 0.6 is 22.9 Å². The lowest BCUT2D eigenvalue weighted by Crippen LogP contribution is -2.38. The highest BCUT2D eigenvalue weighted by atomic mass is 35.5. The summed E-state index contributed by atoms with van der Waals surface area (Å²) in [6.07, 6.45) is 1.55. The van der Waals surface area contributed by atoms with E-state index in [2.05, 4.69) is 9.97 Å². The van der Waals surface area contributed by atoms with Crippen LogP contribution in [0.1, 0.15) is 26.6 Å². The third-order valence-electron chi connectivity index (χ3n) is 3.82. The molecular weight excluding hydrogens is 359 g/mol. The van der Waals surface area contributed by atoms with Crippen LogP contribution in [-0.4, -0.2) is 34.0 Å². The van der Waals surface area contributed by atoms with Crippen LogP contribution in [-0.2, 0) is 6.52 Å². The molecule has 25 heavy (non-hydrogen) atoms. The van der Waals surface area contributed by atoms with Crippen LogP contribution in [0, 0.1) is 5.82 Å². The first-order valence-electron chi connectivity index (χ1n) is 11.2. The zero-order chi connectivity index (χ0) is 23.4. The molecule has 1 aliphatic rings. The lowest BCUT2D eigenvalue weighted by molar-refractivity contribution is 0.211. The predicted molar refractivity (Wildman–Crippen MR) is 101 cm³/mol. The number of nitrogens with zero attached hydrogens (tertiary/aromatic N) is 3. The molecule has 0 spiro atoms. The van der Waals surface area contributed by atoms with Gasteiger partial charge in [0, 0.05) is 27.0 Å². The van der Waals surface area contributed by atoms with Gasteiger partial charge in [-0.05, 0) is 36.5 Å². The second kappa shape index (κ2) is 7.23. The Morgan fingerprint density at radius 3 is 3.12 bits per heavy atom. The third kappa shape index (κ3) is 3.92. The molecule has 4 rings (SSSR count). The van der Waals surface area contributed by atoms with E-state index in [-0.39, 0.29) is 53.7 Å². The van der Waals surface area contributed by atoms with Gasteiger partial charge >= 0.3 is 0 Å². The lowest BCUT2D eigenvalue weighted by Gasteiger charge is -2.32. The number of halogens is 2. The van der Waals surface area contributed by atoms with Gasteiger partial charge in [-0.3, -0.25) is 4.90 Å². The van der Waals surface area contributed by atoms with Crippen LogP contribution < -0.4 is 5.31 Å². The normalized spacial score (nSPS) is 22.9. The van der Waals surface area contributed by atoms with E-state index in [1.54, 1.807) is 4.90 Å². The minimum Gasteiger partial charge on any atom is -0.367 e. The van der Waals surface area contributed by atoms with Gasteiger partial charge in [-0.15, -0.1) is 11.3 Å². The fourth-order valence-electron chi connectivity index (χ4n) is 2.63. The summed E-state index contributed by atoms with van der Waals surface area (Å²) in [5.74, 6) is -0.949. The molecule has 1 saturated heterocycles. The van der Waals surface area contributed by atoms with E-state index in [0.29, 0.717) is 10.2 Å². The predicted octanol–water partition coefficient (Wildman–Crippen LogP) is 4.56. The van der Waals surface area contributed by atoms with Crippen LogP contribution in [0.25, 0.3) is 10.2 Å². The lowest BCUT2D eigenvalue weighted by atomic mass is 10.0. The zero-order valence-electron chi connectivity index (χ0n) is 20.0. The minimum atomic E-state index is -1.40. The van der Waals surface area contributed by atoms with Crippen molar-refractivity contribution in [3.05, 3.63) is 52.3 Å². The molecule has 1 fully saturated rings. The summed E-state index contributed by atoms with van der Waals surface area (Å²) in [7, 11) is 0. The monoisotopic (exact) mass is 383 g/mol. The molecule has 0 bridgehead atoms. The Kier molecular flexibility index (Phi) is 3.01. The number of hydrogen-bond acceptors (Lipinski definition) is 5. The summed E-state index contributed by atoms with van der Waals surface area (Å²) >= 11 is 7.15. The van der Waals surface area contributed by atoms with Crippen molar-refractivity contribution in [2.75, 3.05) is 18.4 Å². The van der Waals surface area contributed by atoms with Crippen molar-refractivity contribution < 1.29 is 14.0 Å². The Hall–Kier alpha value is -1.76. The molecule has 4 nitrogen and oxygen atoms in total. The highest BCUT2D eigenvalue weighted by Crippen LogP contribution is 2.32. The average molecular weight is 384 g/mol. The summed E-state index contributed by atoms with van der Waals surface area (Å²) in [4.78, 5) is 10.3. The van der Waals surface area contributed by atoms with Crippen molar-refractivity contribution in [2.24, 2.45) is 0 Å². The van der Waals surface area contributed by atoms with Crippen molar-refractivity contribution in [3.8, 4) is 0 Å². The van der Waals surface area contributed by atoms with E-state index in [0.717, 1.165) is 22.7 Å². The first-order chi connectivity index (χ1) is 15.0. The molecule has 130 valence electrons. The number of piperidine rings is 1. The summed E-state index contributed by atoms with van der Waals surface area (Å²) in [6.45, 7) is -0.805. The minimum absolute atomic E-state index is 0.0117. The highest BCUT2D eigenvalue weighted by Gasteiger charge is 2.20. The summed E-state index contributed by atoms with van der Waals surface area (Å²) in [5.41, 5.74) is -0.122. The van der Waals surface area contributed by atoms with Crippen LogP contribution in [0.4, 0.5) is 10.2 Å². The Morgan fingerprint density at radius 2 is 2.28 bits per heavy atom. The summed E-state index contributed by atoms with van der Waals surface area (Å²) in [6, 6.07) is -1.83. The number of benzene rings is 1. The smallest absolute Gasteiger partial charge is 0.162 e. The van der Waals surface area contributed by atoms with Gasteiger partial charge in [-0.2, -0.15) is 0 Å². The van der Waals surface area contributed by atoms with Crippen LogP contribution in [0.5, 0.6) is 0 Å². The first-order valence-corrected chi connectivity index (χ1v) is 8.86. The zero-order valence-corrected chi connectivity index (χ0v) is 14.6. The number of anilines is 1. The average Bonchev–Trinajstić information content (AvgIpc) is 3.05. The Balaban J connectivity index is 1.57. The van der Waals surface area contributed by atoms with Crippen molar-refractivity contribution in [2.45, 2.75) is 25.4 Å². The Bertz CT molecular complexity index is 1190. The van der Waals surface area contributed by atoms with E-state index in [1.165, 1.54) is 6.33 Å². The van der Waals surface area contributed by atoms with Crippen molar-refractivity contribution in [3.63, 3.8) is 0 Å². The van der Waals surface area contributed by atoms with Crippen LogP contribution in [0.15, 0.2) is 36.6 Å². The molecule has 1 aliphatic heterocycles. The topological polar surface area (TPSA) is 41.0 Å². The van der Waals surface area contributed by atoms with E-state index in [9.17, 15) is 4.39 Å². The number of nitrogens with one attached hydrogen (secondary N) is 1. The SMILES string of the molecule is [2H]c1cc([2H])c(C([2H])N2CCC([2H])(N([2H])c3ncnc4sc(Cl)c([2H])c34)CC2)c([2H])c1F. The quantitative estimate of drug-likeness (QED) is 0.717. The van der Waals surface area contributed by atoms with E-state index < -0.39 is 30.4 Å². The molecule has 1 aromatic carbocycles. The molecule has 0 saturated carbocycles. The van der Waals surface area contributed by atoms with Gasteiger partial charge in [0.1, 0.15) is 22.8 Å². The number of likely N-dealkylation sites (tertiary alicyclic amines) is 1. The molecule has 0 radical (unpaired) electrons. The Labute approximate surface area is 164 Å². The van der Waals surface area contributed by atoms with E-state index in [1.807, 2.05) is 0 Å². The van der Waals surface area contributed by atoms with Gasteiger partial charge in [-0.25, -0.2) is 14.4 Å². The first kappa shape index (κ1) is 10.4. The van der Waals surface area contributed by atoms with Gasteiger partial charge in [0.15, 0.2) is 1.41 Å². The largest absolute Gasteiger partial charge is 0.367 e. The molecule has 1 N–H and O–H groups in total. The van der Waals surface area contributed by atoms with Gasteiger partial charge in [0.05, 0.1) is 16.6 Å². The summed E-state index contributed by atoms with van der Waals surface area (Å²) < 4.78 is 71.7. The van der Waals surface area contributed by atoms with Crippen molar-refractivity contribution in [1.29, 1.82) is 0 Å². The number of aromatic nitrogens is 2. The standard InChI is InChI=1S/C18H18ClFN4S/c19-16-9-15-17(21-11-22-18(15)25-16)23-14-4-6-24(7-5-14)10-12-2-1-3-13(20)8-12/h1-3,8-9,11,14H,4-7,10H2,(H,21,22,23)/i2D,3D,8D,9D,10D,14D/hD. The number of rotatable bonds is 4. The maximum absolute atomic E-state index is 14.0. The summed E-state index contributed by atoms with van der Waals surface area (Å²) in [5, 5.41) is 1.27. The number of hydrogen-bond donors (Lipinski definition) is 1. The second-order valence-corrected chi connectivity index (χ2v) is 7.11. The van der Waals surface area contributed by atoms with Crippen LogP contribution in [0.3, 0.4) is 0 Å². The molecular formula is C18H18ClFN4S. The van der Waals surface area contributed by atoms with Gasteiger partial charge in [-0.1, -0.05) is 23.7 Å². The maximum atomic E-state index is 14.0.